The highest BCUT2D eigenvalue weighted by atomic mass is 127. The van der Waals surface area contributed by atoms with E-state index in [1.807, 2.05) is 0 Å². The van der Waals surface area contributed by atoms with E-state index in [2.05, 4.69) is 47.1 Å². The number of halogens is 1. The number of hydrogen-bond donors (Lipinski definition) is 1. The molecule has 0 aromatic heterocycles. The molecule has 0 amide bonds. The summed E-state index contributed by atoms with van der Waals surface area (Å²) in [7, 11) is 0. The lowest BCUT2D eigenvalue weighted by atomic mass is 10.0. The average Bonchev–Trinajstić information content (AvgIpc) is 3.25. The minimum absolute atomic E-state index is 0. The fourth-order valence-corrected chi connectivity index (χ4v) is 3.27. The molecule has 1 heterocycles. The molecule has 3 atom stereocenters. The molecular formula is C17H26IN3. The number of aliphatic imine (C=N–C) groups is 1. The Balaban J connectivity index is 0.00000161. The Bertz CT molecular complexity index is 474. The van der Waals surface area contributed by atoms with Gasteiger partial charge in [-0.3, -0.25) is 4.99 Å². The minimum Gasteiger partial charge on any atom is -0.370 e. The van der Waals surface area contributed by atoms with Crippen molar-refractivity contribution >= 4 is 29.9 Å². The summed E-state index contributed by atoms with van der Waals surface area (Å²) < 4.78 is 0. The van der Waals surface area contributed by atoms with Gasteiger partial charge < -0.3 is 10.6 Å². The summed E-state index contributed by atoms with van der Waals surface area (Å²) in [6, 6.07) is 10.8. The zero-order valence-corrected chi connectivity index (χ0v) is 15.1. The molecule has 1 aromatic rings. The SMILES string of the molecule is CC1CCCN(C(N)=NCC2CC2c2ccccc2)C1.I. The van der Waals surface area contributed by atoms with Crippen molar-refractivity contribution in [3.05, 3.63) is 35.9 Å². The van der Waals surface area contributed by atoms with Gasteiger partial charge in [-0.25, -0.2) is 0 Å². The normalized spacial score (nSPS) is 28.9. The molecule has 2 fully saturated rings. The lowest BCUT2D eigenvalue weighted by Crippen LogP contribution is -2.43. The largest absolute Gasteiger partial charge is 0.370 e. The molecule has 1 aliphatic heterocycles. The highest BCUT2D eigenvalue weighted by Gasteiger charge is 2.37. The molecule has 3 nitrogen and oxygen atoms in total. The first-order valence-electron chi connectivity index (χ1n) is 7.84. The number of likely N-dealkylation sites (tertiary alicyclic amines) is 1. The van der Waals surface area contributed by atoms with Crippen LogP contribution in [-0.4, -0.2) is 30.5 Å². The third kappa shape index (κ3) is 4.34. The summed E-state index contributed by atoms with van der Waals surface area (Å²) in [5.41, 5.74) is 7.60. The van der Waals surface area contributed by atoms with E-state index in [4.69, 9.17) is 5.73 Å². The van der Waals surface area contributed by atoms with Gasteiger partial charge in [-0.05, 0) is 42.6 Å². The van der Waals surface area contributed by atoms with E-state index in [9.17, 15) is 0 Å². The Labute approximate surface area is 145 Å². The van der Waals surface area contributed by atoms with Gasteiger partial charge in [-0.2, -0.15) is 0 Å². The lowest BCUT2D eigenvalue weighted by molar-refractivity contribution is 0.270. The molecule has 1 saturated carbocycles. The Morgan fingerprint density at radius 2 is 2.10 bits per heavy atom. The van der Waals surface area contributed by atoms with Crippen molar-refractivity contribution < 1.29 is 0 Å². The van der Waals surface area contributed by atoms with Gasteiger partial charge >= 0.3 is 0 Å². The van der Waals surface area contributed by atoms with Gasteiger partial charge in [0.1, 0.15) is 0 Å². The second-order valence-corrected chi connectivity index (χ2v) is 6.41. The first-order valence-corrected chi connectivity index (χ1v) is 7.84. The third-order valence-corrected chi connectivity index (χ3v) is 4.62. The highest BCUT2D eigenvalue weighted by Crippen LogP contribution is 2.47. The molecule has 0 spiro atoms. The van der Waals surface area contributed by atoms with Crippen LogP contribution in [0.2, 0.25) is 0 Å². The topological polar surface area (TPSA) is 41.6 Å². The van der Waals surface area contributed by atoms with E-state index in [0.717, 1.165) is 31.5 Å². The average molecular weight is 399 g/mol. The zero-order valence-electron chi connectivity index (χ0n) is 12.7. The van der Waals surface area contributed by atoms with E-state index < -0.39 is 0 Å². The van der Waals surface area contributed by atoms with Gasteiger partial charge in [0.25, 0.3) is 0 Å². The van der Waals surface area contributed by atoms with E-state index in [1.54, 1.807) is 0 Å². The summed E-state index contributed by atoms with van der Waals surface area (Å²) in [5.74, 6) is 2.90. The molecule has 3 unspecified atom stereocenters. The molecule has 1 saturated heterocycles. The number of nitrogens with two attached hydrogens (primary N) is 1. The van der Waals surface area contributed by atoms with Crippen molar-refractivity contribution in [3.63, 3.8) is 0 Å². The lowest BCUT2D eigenvalue weighted by Gasteiger charge is -2.31. The number of hydrogen-bond acceptors (Lipinski definition) is 1. The van der Waals surface area contributed by atoms with Crippen molar-refractivity contribution in [1.82, 2.24) is 4.90 Å². The monoisotopic (exact) mass is 399 g/mol. The van der Waals surface area contributed by atoms with E-state index in [-0.39, 0.29) is 24.0 Å². The van der Waals surface area contributed by atoms with Gasteiger partial charge in [-0.1, -0.05) is 37.3 Å². The second kappa shape index (κ2) is 7.47. The van der Waals surface area contributed by atoms with Crippen molar-refractivity contribution in [1.29, 1.82) is 0 Å². The minimum atomic E-state index is 0. The second-order valence-electron chi connectivity index (χ2n) is 6.41. The quantitative estimate of drug-likeness (QED) is 0.481. The molecular weight excluding hydrogens is 373 g/mol. The van der Waals surface area contributed by atoms with E-state index >= 15 is 0 Å². The van der Waals surface area contributed by atoms with Crippen LogP contribution in [0.3, 0.4) is 0 Å². The molecule has 4 heteroatoms. The maximum atomic E-state index is 6.15. The fourth-order valence-electron chi connectivity index (χ4n) is 3.27. The first-order chi connectivity index (χ1) is 9.74. The maximum absolute atomic E-state index is 6.15. The molecule has 2 aliphatic rings. The predicted octanol–water partition coefficient (Wildman–Crippen LogP) is 3.45. The molecule has 0 bridgehead atoms. The number of benzene rings is 1. The summed E-state index contributed by atoms with van der Waals surface area (Å²) in [6.45, 7) is 5.33. The van der Waals surface area contributed by atoms with Crippen LogP contribution in [0.5, 0.6) is 0 Å². The zero-order chi connectivity index (χ0) is 13.9. The summed E-state index contributed by atoms with van der Waals surface area (Å²) in [4.78, 5) is 6.90. The molecule has 3 rings (SSSR count). The van der Waals surface area contributed by atoms with Gasteiger partial charge in [0, 0.05) is 19.6 Å². The van der Waals surface area contributed by atoms with Crippen molar-refractivity contribution in [2.45, 2.75) is 32.1 Å². The molecule has 116 valence electrons. The van der Waals surface area contributed by atoms with E-state index in [0.29, 0.717) is 11.8 Å². The van der Waals surface area contributed by atoms with Crippen LogP contribution < -0.4 is 5.73 Å². The van der Waals surface area contributed by atoms with Gasteiger partial charge in [0.2, 0.25) is 0 Å². The van der Waals surface area contributed by atoms with Gasteiger partial charge in [0.05, 0.1) is 0 Å². The summed E-state index contributed by atoms with van der Waals surface area (Å²) >= 11 is 0. The standard InChI is InChI=1S/C17H25N3.HI/c1-13-6-5-9-20(12-13)17(18)19-11-15-10-16(15)14-7-3-2-4-8-14;/h2-4,7-8,13,15-16H,5-6,9-12H2,1H3,(H2,18,19);1H. The number of guanidine groups is 1. The number of rotatable bonds is 3. The van der Waals surface area contributed by atoms with Crippen LogP contribution >= 0.6 is 24.0 Å². The fraction of sp³-hybridized carbons (Fsp3) is 0.588. The Morgan fingerprint density at radius 1 is 1.33 bits per heavy atom. The Morgan fingerprint density at radius 3 is 2.81 bits per heavy atom. The van der Waals surface area contributed by atoms with Crippen LogP contribution in [0.4, 0.5) is 0 Å². The number of nitrogens with zero attached hydrogens (tertiary/aromatic N) is 2. The van der Waals surface area contributed by atoms with Crippen molar-refractivity contribution in [2.75, 3.05) is 19.6 Å². The van der Waals surface area contributed by atoms with Crippen LogP contribution in [-0.2, 0) is 0 Å². The van der Waals surface area contributed by atoms with Crippen LogP contribution in [0.1, 0.15) is 37.7 Å². The smallest absolute Gasteiger partial charge is 0.191 e. The molecule has 1 aromatic carbocycles. The Hall–Kier alpha value is -0.780. The summed E-state index contributed by atoms with van der Waals surface area (Å²) in [6.07, 6.45) is 3.83. The van der Waals surface area contributed by atoms with E-state index in [1.165, 1.54) is 24.8 Å². The number of piperidine rings is 1. The molecule has 1 aliphatic carbocycles. The predicted molar refractivity (Wildman–Crippen MR) is 99.2 cm³/mol. The van der Waals surface area contributed by atoms with Gasteiger partial charge in [-0.15, -0.1) is 24.0 Å². The van der Waals surface area contributed by atoms with Crippen molar-refractivity contribution in [2.24, 2.45) is 22.6 Å². The van der Waals surface area contributed by atoms with Crippen LogP contribution in [0, 0.1) is 11.8 Å². The highest BCUT2D eigenvalue weighted by molar-refractivity contribution is 14.0. The molecule has 21 heavy (non-hydrogen) atoms. The first kappa shape index (κ1) is 16.6. The maximum Gasteiger partial charge on any atom is 0.191 e. The molecule has 0 radical (unpaired) electrons. The summed E-state index contributed by atoms with van der Waals surface area (Å²) in [5, 5.41) is 0. The molecule has 2 N–H and O–H groups in total. The third-order valence-electron chi connectivity index (χ3n) is 4.62. The Kier molecular flexibility index (Phi) is 5.90. The van der Waals surface area contributed by atoms with Gasteiger partial charge in [0.15, 0.2) is 5.96 Å². The van der Waals surface area contributed by atoms with Crippen LogP contribution in [0.15, 0.2) is 35.3 Å². The van der Waals surface area contributed by atoms with Crippen molar-refractivity contribution in [3.8, 4) is 0 Å². The van der Waals surface area contributed by atoms with Crippen LogP contribution in [0.25, 0.3) is 0 Å².